The van der Waals surface area contributed by atoms with Crippen LogP contribution < -0.4 is 19.9 Å². The van der Waals surface area contributed by atoms with E-state index < -0.39 is 0 Å². The van der Waals surface area contributed by atoms with Crippen LogP contribution in [0.1, 0.15) is 5.56 Å². The molecule has 0 amide bonds. The number of ether oxygens (including phenoxy) is 2. The summed E-state index contributed by atoms with van der Waals surface area (Å²) < 4.78 is 12.6. The second kappa shape index (κ2) is 6.71. The van der Waals surface area contributed by atoms with Crippen molar-refractivity contribution >= 4 is 16.6 Å². The zero-order valence-corrected chi connectivity index (χ0v) is 16.0. The lowest BCUT2D eigenvalue weighted by atomic mass is 9.99. The zero-order valence-electron chi connectivity index (χ0n) is 16.0. The third kappa shape index (κ3) is 2.87. The van der Waals surface area contributed by atoms with Crippen molar-refractivity contribution in [1.29, 1.82) is 0 Å². The van der Waals surface area contributed by atoms with Gasteiger partial charge in [0, 0.05) is 50.0 Å². The maximum atomic E-state index is 12.6. The maximum Gasteiger partial charge on any atom is 0.259 e. The van der Waals surface area contributed by atoms with Crippen LogP contribution in [-0.2, 0) is 7.05 Å². The standard InChI is InChI=1S/C20H23N3O3/c1-12-17(25-5)7-13(8-18(12)26-6)16-11-23(4)20(24)15-10-21-19(22(2)3)9-14(15)16/h7-11H,1-6H3. The molecule has 0 spiro atoms. The van der Waals surface area contributed by atoms with Gasteiger partial charge in [0.15, 0.2) is 0 Å². The van der Waals surface area contributed by atoms with Crippen LogP contribution >= 0.6 is 0 Å². The summed E-state index contributed by atoms with van der Waals surface area (Å²) in [6.07, 6.45) is 3.48. The number of anilines is 1. The van der Waals surface area contributed by atoms with Crippen molar-refractivity contribution in [2.75, 3.05) is 33.2 Å². The molecule has 0 saturated heterocycles. The summed E-state index contributed by atoms with van der Waals surface area (Å²) in [6, 6.07) is 5.87. The highest BCUT2D eigenvalue weighted by atomic mass is 16.5. The van der Waals surface area contributed by atoms with Gasteiger partial charge < -0.3 is 18.9 Å². The van der Waals surface area contributed by atoms with Crippen LogP contribution in [0.4, 0.5) is 5.82 Å². The molecule has 0 saturated carbocycles. The first-order valence-corrected chi connectivity index (χ1v) is 8.27. The van der Waals surface area contributed by atoms with E-state index in [2.05, 4.69) is 4.98 Å². The molecule has 0 bridgehead atoms. The number of benzene rings is 1. The normalized spacial score (nSPS) is 10.8. The average Bonchev–Trinajstić information content (AvgIpc) is 2.64. The summed E-state index contributed by atoms with van der Waals surface area (Å²) in [4.78, 5) is 18.9. The van der Waals surface area contributed by atoms with Gasteiger partial charge in [-0.05, 0) is 30.7 Å². The van der Waals surface area contributed by atoms with Crippen molar-refractivity contribution in [1.82, 2.24) is 9.55 Å². The Morgan fingerprint density at radius 2 is 1.65 bits per heavy atom. The predicted octanol–water partition coefficient (Wildman–Crippen LogP) is 2.99. The number of fused-ring (bicyclic) bond motifs is 1. The fourth-order valence-electron chi connectivity index (χ4n) is 3.07. The quantitative estimate of drug-likeness (QED) is 0.722. The van der Waals surface area contributed by atoms with Crippen LogP contribution in [-0.4, -0.2) is 37.9 Å². The molecule has 2 aromatic heterocycles. The van der Waals surface area contributed by atoms with Crippen molar-refractivity contribution in [3.63, 3.8) is 0 Å². The van der Waals surface area contributed by atoms with Crippen LogP contribution in [0.5, 0.6) is 11.5 Å². The molecule has 0 aliphatic heterocycles. The molecule has 0 radical (unpaired) electrons. The molecule has 0 unspecified atom stereocenters. The summed E-state index contributed by atoms with van der Waals surface area (Å²) in [5.74, 6) is 2.27. The first-order chi connectivity index (χ1) is 12.4. The number of methoxy groups -OCH3 is 2. The predicted molar refractivity (Wildman–Crippen MR) is 105 cm³/mol. The molecule has 1 aromatic carbocycles. The Morgan fingerprint density at radius 1 is 1.04 bits per heavy atom. The number of rotatable bonds is 4. The number of pyridine rings is 2. The molecule has 136 valence electrons. The number of aromatic nitrogens is 2. The van der Waals surface area contributed by atoms with Crippen molar-refractivity contribution in [3.05, 3.63) is 46.5 Å². The number of hydrogen-bond acceptors (Lipinski definition) is 5. The molecule has 0 fully saturated rings. The third-order valence-electron chi connectivity index (χ3n) is 4.57. The van der Waals surface area contributed by atoms with Crippen molar-refractivity contribution in [2.24, 2.45) is 7.05 Å². The summed E-state index contributed by atoms with van der Waals surface area (Å²) in [5.41, 5.74) is 2.70. The van der Waals surface area contributed by atoms with Gasteiger partial charge in [0.25, 0.3) is 5.56 Å². The highest BCUT2D eigenvalue weighted by Crippen LogP contribution is 2.36. The lowest BCUT2D eigenvalue weighted by Gasteiger charge is -2.16. The van der Waals surface area contributed by atoms with Gasteiger partial charge in [0.2, 0.25) is 0 Å². The van der Waals surface area contributed by atoms with Gasteiger partial charge in [-0.2, -0.15) is 0 Å². The number of nitrogens with zero attached hydrogens (tertiary/aromatic N) is 3. The molecule has 0 aliphatic carbocycles. The largest absolute Gasteiger partial charge is 0.496 e. The average molecular weight is 353 g/mol. The van der Waals surface area contributed by atoms with Crippen LogP contribution in [0.15, 0.2) is 35.4 Å². The van der Waals surface area contributed by atoms with Gasteiger partial charge >= 0.3 is 0 Å². The van der Waals surface area contributed by atoms with Gasteiger partial charge in [-0.1, -0.05) is 0 Å². The van der Waals surface area contributed by atoms with E-state index in [4.69, 9.17) is 9.47 Å². The second-order valence-corrected chi connectivity index (χ2v) is 6.45. The minimum absolute atomic E-state index is 0.0763. The molecule has 0 aliphatic rings. The van der Waals surface area contributed by atoms with Gasteiger partial charge in [-0.15, -0.1) is 0 Å². The third-order valence-corrected chi connectivity index (χ3v) is 4.57. The number of hydrogen-bond donors (Lipinski definition) is 0. The van der Waals surface area contributed by atoms with Crippen molar-refractivity contribution < 1.29 is 9.47 Å². The molecule has 0 atom stereocenters. The van der Waals surface area contributed by atoms with Crippen molar-refractivity contribution in [3.8, 4) is 22.6 Å². The summed E-state index contributed by atoms with van der Waals surface area (Å²) in [6.45, 7) is 1.95. The molecule has 2 heterocycles. The van der Waals surface area contributed by atoms with E-state index in [9.17, 15) is 4.79 Å². The van der Waals surface area contributed by atoms with Gasteiger partial charge in [-0.25, -0.2) is 4.98 Å². The summed E-state index contributed by atoms with van der Waals surface area (Å²) in [5, 5.41) is 1.42. The Balaban J connectivity index is 2.39. The fourth-order valence-corrected chi connectivity index (χ4v) is 3.07. The van der Waals surface area contributed by atoms with E-state index in [1.807, 2.05) is 50.3 Å². The highest BCUT2D eigenvalue weighted by Gasteiger charge is 2.15. The van der Waals surface area contributed by atoms with Crippen LogP contribution in [0.25, 0.3) is 21.9 Å². The van der Waals surface area contributed by atoms with Gasteiger partial charge in [0.05, 0.1) is 19.6 Å². The molecule has 6 heteroatoms. The van der Waals surface area contributed by atoms with Crippen LogP contribution in [0.3, 0.4) is 0 Å². The SMILES string of the molecule is COc1cc(-c2cn(C)c(=O)c3cnc(N(C)C)cc23)cc(OC)c1C. The van der Waals surface area contributed by atoms with E-state index in [0.717, 1.165) is 39.4 Å². The Morgan fingerprint density at radius 3 is 2.19 bits per heavy atom. The second-order valence-electron chi connectivity index (χ2n) is 6.45. The Labute approximate surface area is 152 Å². The van der Waals surface area contributed by atoms with Crippen molar-refractivity contribution in [2.45, 2.75) is 6.92 Å². The molecule has 0 N–H and O–H groups in total. The molecule has 3 aromatic rings. The van der Waals surface area contributed by atoms with E-state index in [1.54, 1.807) is 32.0 Å². The lowest BCUT2D eigenvalue weighted by molar-refractivity contribution is 0.389. The van der Waals surface area contributed by atoms with Gasteiger partial charge in [-0.3, -0.25) is 4.79 Å². The van der Waals surface area contributed by atoms with E-state index in [0.29, 0.717) is 5.39 Å². The van der Waals surface area contributed by atoms with Crippen LogP contribution in [0.2, 0.25) is 0 Å². The lowest BCUT2D eigenvalue weighted by Crippen LogP contribution is -2.18. The first kappa shape index (κ1) is 17.8. The minimum atomic E-state index is -0.0763. The smallest absolute Gasteiger partial charge is 0.259 e. The molecular formula is C20H23N3O3. The van der Waals surface area contributed by atoms with E-state index in [-0.39, 0.29) is 5.56 Å². The summed E-state index contributed by atoms with van der Waals surface area (Å²) >= 11 is 0. The zero-order chi connectivity index (χ0) is 19.0. The summed E-state index contributed by atoms with van der Waals surface area (Å²) in [7, 11) is 8.87. The molecular weight excluding hydrogens is 330 g/mol. The molecule has 3 rings (SSSR count). The highest BCUT2D eigenvalue weighted by molar-refractivity contribution is 5.97. The van der Waals surface area contributed by atoms with E-state index in [1.165, 1.54) is 0 Å². The minimum Gasteiger partial charge on any atom is -0.496 e. The maximum absolute atomic E-state index is 12.6. The Hall–Kier alpha value is -3.02. The Kier molecular flexibility index (Phi) is 4.59. The molecule has 26 heavy (non-hydrogen) atoms. The van der Waals surface area contributed by atoms with Crippen LogP contribution in [0, 0.1) is 6.92 Å². The topological polar surface area (TPSA) is 56.6 Å². The van der Waals surface area contributed by atoms with Gasteiger partial charge in [0.1, 0.15) is 17.3 Å². The monoisotopic (exact) mass is 353 g/mol. The van der Waals surface area contributed by atoms with E-state index >= 15 is 0 Å². The fraction of sp³-hybridized carbons (Fsp3) is 0.300. The Bertz CT molecular complexity index is 1010. The molecule has 6 nitrogen and oxygen atoms in total. The first-order valence-electron chi connectivity index (χ1n) is 8.27. The number of aryl methyl sites for hydroxylation is 1.